The fourth-order valence-corrected chi connectivity index (χ4v) is 5.74. The minimum absolute atomic E-state index is 0.474. The van der Waals surface area contributed by atoms with Crippen molar-refractivity contribution in [3.05, 3.63) is 59.0 Å². The summed E-state index contributed by atoms with van der Waals surface area (Å²) in [4.78, 5) is 3.40. The van der Waals surface area contributed by atoms with E-state index in [0.29, 0.717) is 17.3 Å². The maximum atomic E-state index is 12.7. The van der Waals surface area contributed by atoms with E-state index in [4.69, 9.17) is 0 Å². The highest BCUT2D eigenvalue weighted by Crippen LogP contribution is 2.26. The Labute approximate surface area is 154 Å². The monoisotopic (exact) mass is 376 g/mol. The van der Waals surface area contributed by atoms with Crippen LogP contribution in [0.25, 0.3) is 6.08 Å². The van der Waals surface area contributed by atoms with E-state index in [2.05, 4.69) is 29.2 Å². The number of aryl methyl sites for hydroxylation is 1. The molecule has 4 nitrogen and oxygen atoms in total. The summed E-state index contributed by atoms with van der Waals surface area (Å²) in [5.74, 6) is 0. The highest BCUT2D eigenvalue weighted by Gasteiger charge is 2.29. The van der Waals surface area contributed by atoms with E-state index in [1.165, 1.54) is 16.9 Å². The molecule has 0 atom stereocenters. The lowest BCUT2D eigenvalue weighted by molar-refractivity contribution is 0.205. The Bertz CT molecular complexity index is 805. The molecule has 1 aromatic heterocycles. The third kappa shape index (κ3) is 4.58. The second-order valence-corrected chi connectivity index (χ2v) is 9.43. The van der Waals surface area contributed by atoms with Gasteiger partial charge in [-0.3, -0.25) is 4.90 Å². The molecular formula is C19H24N2O2S2. The average Bonchev–Trinajstić information content (AvgIpc) is 3.13. The van der Waals surface area contributed by atoms with Crippen molar-refractivity contribution in [2.75, 3.05) is 32.7 Å². The van der Waals surface area contributed by atoms with Crippen LogP contribution in [0, 0.1) is 0 Å². The third-order valence-electron chi connectivity index (χ3n) is 4.38. The molecule has 134 valence electrons. The molecule has 0 amide bonds. The summed E-state index contributed by atoms with van der Waals surface area (Å²) in [5.41, 5.74) is 1.19. The van der Waals surface area contributed by atoms with Crippen molar-refractivity contribution in [3.63, 3.8) is 0 Å². The molecule has 2 aromatic rings. The van der Waals surface area contributed by atoms with Gasteiger partial charge in [-0.1, -0.05) is 49.4 Å². The smallest absolute Gasteiger partial charge is 0.252 e. The van der Waals surface area contributed by atoms with Crippen molar-refractivity contribution >= 4 is 27.4 Å². The normalized spacial score (nSPS) is 17.3. The van der Waals surface area contributed by atoms with Crippen LogP contribution < -0.4 is 0 Å². The van der Waals surface area contributed by atoms with Crippen molar-refractivity contribution in [2.45, 2.75) is 17.6 Å². The minimum Gasteiger partial charge on any atom is -0.297 e. The number of rotatable bonds is 6. The number of piperazine rings is 1. The minimum atomic E-state index is -3.33. The predicted molar refractivity (Wildman–Crippen MR) is 104 cm³/mol. The zero-order chi connectivity index (χ0) is 17.7. The molecular weight excluding hydrogens is 352 g/mol. The van der Waals surface area contributed by atoms with Crippen molar-refractivity contribution in [1.29, 1.82) is 0 Å². The Morgan fingerprint density at radius 1 is 1.04 bits per heavy atom. The highest BCUT2D eigenvalue weighted by molar-refractivity contribution is 7.91. The van der Waals surface area contributed by atoms with Crippen LogP contribution in [0.2, 0.25) is 0 Å². The quantitative estimate of drug-likeness (QED) is 0.776. The maximum absolute atomic E-state index is 12.7. The van der Waals surface area contributed by atoms with E-state index >= 15 is 0 Å². The largest absolute Gasteiger partial charge is 0.297 e. The van der Waals surface area contributed by atoms with Gasteiger partial charge < -0.3 is 0 Å². The molecule has 0 saturated carbocycles. The molecule has 1 aliphatic heterocycles. The van der Waals surface area contributed by atoms with Crippen LogP contribution in [0.15, 0.2) is 52.7 Å². The SMILES string of the molecule is CCc1ccc(S(=O)(=O)N2CCN(C/C=C/c3ccccc3)CC2)s1. The predicted octanol–water partition coefficient (Wildman–Crippen LogP) is 3.33. The van der Waals surface area contributed by atoms with Crippen LogP contribution in [0.3, 0.4) is 0 Å². The van der Waals surface area contributed by atoms with Crippen LogP contribution in [0.1, 0.15) is 17.4 Å². The van der Waals surface area contributed by atoms with E-state index in [0.717, 1.165) is 30.9 Å². The van der Waals surface area contributed by atoms with Gasteiger partial charge in [0.1, 0.15) is 4.21 Å². The molecule has 1 fully saturated rings. The van der Waals surface area contributed by atoms with Gasteiger partial charge in [0.15, 0.2) is 0 Å². The molecule has 0 bridgehead atoms. The van der Waals surface area contributed by atoms with E-state index in [-0.39, 0.29) is 0 Å². The number of thiophene rings is 1. The summed E-state index contributed by atoms with van der Waals surface area (Å²) in [6.45, 7) is 5.54. The summed E-state index contributed by atoms with van der Waals surface area (Å²) < 4.78 is 27.5. The van der Waals surface area contributed by atoms with Crippen LogP contribution >= 0.6 is 11.3 Å². The topological polar surface area (TPSA) is 40.6 Å². The van der Waals surface area contributed by atoms with E-state index < -0.39 is 10.0 Å². The molecule has 0 radical (unpaired) electrons. The van der Waals surface area contributed by atoms with Gasteiger partial charge in [0.05, 0.1) is 0 Å². The van der Waals surface area contributed by atoms with Gasteiger partial charge in [-0.15, -0.1) is 11.3 Å². The maximum Gasteiger partial charge on any atom is 0.252 e. The number of sulfonamides is 1. The lowest BCUT2D eigenvalue weighted by Crippen LogP contribution is -2.48. The lowest BCUT2D eigenvalue weighted by atomic mass is 10.2. The Hall–Kier alpha value is -1.47. The van der Waals surface area contributed by atoms with E-state index in [1.807, 2.05) is 31.2 Å². The molecule has 0 N–H and O–H groups in total. The zero-order valence-electron chi connectivity index (χ0n) is 14.5. The molecule has 0 unspecified atom stereocenters. The summed E-state index contributed by atoms with van der Waals surface area (Å²) in [7, 11) is -3.33. The Balaban J connectivity index is 1.53. The third-order valence-corrected chi connectivity index (χ3v) is 7.98. The van der Waals surface area contributed by atoms with Crippen LogP contribution in [-0.4, -0.2) is 50.3 Å². The Kier molecular flexibility index (Phi) is 6.06. The molecule has 0 aliphatic carbocycles. The first-order valence-electron chi connectivity index (χ1n) is 8.62. The van der Waals surface area contributed by atoms with Crippen LogP contribution in [0.4, 0.5) is 0 Å². The molecule has 1 aliphatic rings. The first-order valence-corrected chi connectivity index (χ1v) is 10.9. The first-order chi connectivity index (χ1) is 12.1. The molecule has 6 heteroatoms. The van der Waals surface area contributed by atoms with Gasteiger partial charge in [-0.2, -0.15) is 4.31 Å². The summed E-state index contributed by atoms with van der Waals surface area (Å²) >= 11 is 1.39. The Morgan fingerprint density at radius 2 is 1.76 bits per heavy atom. The van der Waals surface area contributed by atoms with Crippen molar-refractivity contribution in [3.8, 4) is 0 Å². The van der Waals surface area contributed by atoms with Gasteiger partial charge in [0.25, 0.3) is 10.0 Å². The van der Waals surface area contributed by atoms with Crippen LogP contribution in [0.5, 0.6) is 0 Å². The van der Waals surface area contributed by atoms with Gasteiger partial charge in [0, 0.05) is 37.6 Å². The summed E-state index contributed by atoms with van der Waals surface area (Å²) in [6, 6.07) is 13.9. The summed E-state index contributed by atoms with van der Waals surface area (Å²) in [6.07, 6.45) is 5.13. The van der Waals surface area contributed by atoms with Crippen molar-refractivity contribution in [2.24, 2.45) is 0 Å². The van der Waals surface area contributed by atoms with E-state index in [1.54, 1.807) is 10.4 Å². The molecule has 2 heterocycles. The second-order valence-electron chi connectivity index (χ2n) is 6.09. The molecule has 1 saturated heterocycles. The standard InChI is InChI=1S/C19H24N2O2S2/c1-2-18-10-11-19(24-18)25(22,23)21-15-13-20(14-16-21)12-6-9-17-7-4-3-5-8-17/h3-11H,2,12-16H2,1H3/b9-6+. The van der Waals surface area contributed by atoms with Gasteiger partial charge in [-0.05, 0) is 24.1 Å². The van der Waals surface area contributed by atoms with Crippen molar-refractivity contribution < 1.29 is 8.42 Å². The number of nitrogens with zero attached hydrogens (tertiary/aromatic N) is 2. The number of hydrogen-bond acceptors (Lipinski definition) is 4. The lowest BCUT2D eigenvalue weighted by Gasteiger charge is -2.33. The van der Waals surface area contributed by atoms with Gasteiger partial charge >= 0.3 is 0 Å². The number of hydrogen-bond donors (Lipinski definition) is 0. The van der Waals surface area contributed by atoms with Gasteiger partial charge in [-0.25, -0.2) is 8.42 Å². The van der Waals surface area contributed by atoms with Crippen molar-refractivity contribution in [1.82, 2.24) is 9.21 Å². The zero-order valence-corrected chi connectivity index (χ0v) is 16.1. The average molecular weight is 377 g/mol. The van der Waals surface area contributed by atoms with Gasteiger partial charge in [0.2, 0.25) is 0 Å². The summed E-state index contributed by atoms with van der Waals surface area (Å²) in [5, 5.41) is 0. The Morgan fingerprint density at radius 3 is 2.40 bits per heavy atom. The highest BCUT2D eigenvalue weighted by atomic mass is 32.2. The van der Waals surface area contributed by atoms with Crippen LogP contribution in [-0.2, 0) is 16.4 Å². The first kappa shape index (κ1) is 18.3. The molecule has 1 aromatic carbocycles. The second kappa shape index (κ2) is 8.27. The molecule has 0 spiro atoms. The van der Waals surface area contributed by atoms with E-state index in [9.17, 15) is 8.42 Å². The molecule has 25 heavy (non-hydrogen) atoms. The fourth-order valence-electron chi connectivity index (χ4n) is 2.87. The number of benzene rings is 1. The molecule has 3 rings (SSSR count). The fraction of sp³-hybridized carbons (Fsp3) is 0.368.